The zero-order valence-electron chi connectivity index (χ0n) is 10.9. The summed E-state index contributed by atoms with van der Waals surface area (Å²) >= 11 is 0. The molecule has 2 rings (SSSR count). The number of hydrogen-bond donors (Lipinski definition) is 2. The summed E-state index contributed by atoms with van der Waals surface area (Å²) in [7, 11) is 0. The molecular formula is C15H21N3. The number of anilines is 1. The van der Waals surface area contributed by atoms with Crippen LogP contribution in [0.1, 0.15) is 19.8 Å². The van der Waals surface area contributed by atoms with Gasteiger partial charge < -0.3 is 11.1 Å². The van der Waals surface area contributed by atoms with Crippen LogP contribution >= 0.6 is 0 Å². The maximum Gasteiger partial charge on any atom is 0.126 e. The molecule has 1 aromatic carbocycles. The molecule has 1 heterocycles. The lowest BCUT2D eigenvalue weighted by molar-refractivity contribution is 0.501. The predicted octanol–water partition coefficient (Wildman–Crippen LogP) is 3.02. The van der Waals surface area contributed by atoms with E-state index in [1.807, 2.05) is 24.3 Å². The summed E-state index contributed by atoms with van der Waals surface area (Å²) < 4.78 is 0. The summed E-state index contributed by atoms with van der Waals surface area (Å²) in [6.45, 7) is 3.90. The van der Waals surface area contributed by atoms with Gasteiger partial charge in [0.05, 0.1) is 5.52 Å². The standard InChI is InChI=1S/C15H21N3/c1-2-12(9-10-16)11-17-15-8-7-13-5-3-4-6-14(13)18-15/h3-8,12H,2,9-11,16H2,1H3,(H,17,18). The molecule has 0 fully saturated rings. The molecule has 3 nitrogen and oxygen atoms in total. The molecule has 1 aromatic heterocycles. The fourth-order valence-corrected chi connectivity index (χ4v) is 2.10. The molecular weight excluding hydrogens is 222 g/mol. The van der Waals surface area contributed by atoms with E-state index in [4.69, 9.17) is 5.73 Å². The Balaban J connectivity index is 2.03. The van der Waals surface area contributed by atoms with Gasteiger partial charge in [-0.1, -0.05) is 31.5 Å². The maximum atomic E-state index is 5.60. The average Bonchev–Trinajstić information content (AvgIpc) is 2.43. The number of aromatic nitrogens is 1. The van der Waals surface area contributed by atoms with Crippen molar-refractivity contribution in [2.75, 3.05) is 18.4 Å². The maximum absolute atomic E-state index is 5.60. The first-order valence-corrected chi connectivity index (χ1v) is 6.63. The molecule has 0 aliphatic heterocycles. The minimum atomic E-state index is 0.628. The van der Waals surface area contributed by atoms with Crippen molar-refractivity contribution < 1.29 is 0 Å². The highest BCUT2D eigenvalue weighted by Crippen LogP contribution is 2.15. The Labute approximate surface area is 108 Å². The lowest BCUT2D eigenvalue weighted by atomic mass is 10.0. The second-order valence-corrected chi connectivity index (χ2v) is 4.62. The van der Waals surface area contributed by atoms with E-state index in [9.17, 15) is 0 Å². The van der Waals surface area contributed by atoms with Gasteiger partial charge in [0.25, 0.3) is 0 Å². The van der Waals surface area contributed by atoms with Crippen molar-refractivity contribution in [2.45, 2.75) is 19.8 Å². The number of pyridine rings is 1. The van der Waals surface area contributed by atoms with Gasteiger partial charge in [-0.2, -0.15) is 0 Å². The van der Waals surface area contributed by atoms with Crippen LogP contribution in [-0.4, -0.2) is 18.1 Å². The molecule has 0 saturated heterocycles. The monoisotopic (exact) mass is 243 g/mol. The third-order valence-corrected chi connectivity index (χ3v) is 3.32. The third kappa shape index (κ3) is 3.20. The Hall–Kier alpha value is -1.61. The summed E-state index contributed by atoms with van der Waals surface area (Å²) in [4.78, 5) is 4.60. The molecule has 0 radical (unpaired) electrons. The molecule has 3 heteroatoms. The van der Waals surface area contributed by atoms with Gasteiger partial charge >= 0.3 is 0 Å². The van der Waals surface area contributed by atoms with Crippen LogP contribution in [-0.2, 0) is 0 Å². The SMILES string of the molecule is CCC(CCN)CNc1ccc2ccccc2n1. The van der Waals surface area contributed by atoms with Crippen molar-refractivity contribution in [3.8, 4) is 0 Å². The third-order valence-electron chi connectivity index (χ3n) is 3.32. The molecule has 1 unspecified atom stereocenters. The van der Waals surface area contributed by atoms with Crippen LogP contribution in [0.3, 0.4) is 0 Å². The molecule has 0 aliphatic carbocycles. The van der Waals surface area contributed by atoms with E-state index in [2.05, 4.69) is 29.4 Å². The topological polar surface area (TPSA) is 50.9 Å². The summed E-state index contributed by atoms with van der Waals surface area (Å²) in [6, 6.07) is 12.3. The van der Waals surface area contributed by atoms with Crippen LogP contribution in [0.25, 0.3) is 10.9 Å². The number of fused-ring (bicyclic) bond motifs is 1. The Morgan fingerprint density at radius 1 is 1.22 bits per heavy atom. The van der Waals surface area contributed by atoms with Gasteiger partial charge in [0.2, 0.25) is 0 Å². The second-order valence-electron chi connectivity index (χ2n) is 4.62. The van der Waals surface area contributed by atoms with E-state index in [0.717, 1.165) is 37.3 Å². The van der Waals surface area contributed by atoms with Gasteiger partial charge in [0.1, 0.15) is 5.82 Å². The number of nitrogens with two attached hydrogens (primary N) is 1. The van der Waals surface area contributed by atoms with Crippen LogP contribution < -0.4 is 11.1 Å². The van der Waals surface area contributed by atoms with Crippen molar-refractivity contribution in [1.82, 2.24) is 4.98 Å². The molecule has 96 valence electrons. The van der Waals surface area contributed by atoms with Crippen molar-refractivity contribution >= 4 is 16.7 Å². The summed E-state index contributed by atoms with van der Waals surface area (Å²) in [5, 5.41) is 4.58. The lowest BCUT2D eigenvalue weighted by Gasteiger charge is -2.15. The predicted molar refractivity (Wildman–Crippen MR) is 77.7 cm³/mol. The first-order valence-electron chi connectivity index (χ1n) is 6.63. The zero-order chi connectivity index (χ0) is 12.8. The quantitative estimate of drug-likeness (QED) is 0.820. The Kier molecular flexibility index (Phi) is 4.53. The van der Waals surface area contributed by atoms with Gasteiger partial charge in [0.15, 0.2) is 0 Å². The van der Waals surface area contributed by atoms with Crippen LogP contribution in [0.15, 0.2) is 36.4 Å². The molecule has 2 aromatic rings. The first kappa shape index (κ1) is 12.8. The van der Waals surface area contributed by atoms with Crippen molar-refractivity contribution in [1.29, 1.82) is 0 Å². The molecule has 1 atom stereocenters. The minimum Gasteiger partial charge on any atom is -0.370 e. The minimum absolute atomic E-state index is 0.628. The van der Waals surface area contributed by atoms with E-state index in [1.54, 1.807) is 0 Å². The summed E-state index contributed by atoms with van der Waals surface area (Å²) in [5.74, 6) is 1.58. The Morgan fingerprint density at radius 2 is 2.06 bits per heavy atom. The van der Waals surface area contributed by atoms with Crippen LogP contribution in [0.4, 0.5) is 5.82 Å². The van der Waals surface area contributed by atoms with Crippen molar-refractivity contribution in [3.63, 3.8) is 0 Å². The van der Waals surface area contributed by atoms with Gasteiger partial charge in [-0.3, -0.25) is 0 Å². The van der Waals surface area contributed by atoms with Crippen molar-refractivity contribution in [2.24, 2.45) is 11.7 Å². The van der Waals surface area contributed by atoms with E-state index < -0.39 is 0 Å². The number of benzene rings is 1. The van der Waals surface area contributed by atoms with Crippen molar-refractivity contribution in [3.05, 3.63) is 36.4 Å². The van der Waals surface area contributed by atoms with Gasteiger partial charge in [-0.05, 0) is 37.1 Å². The van der Waals surface area contributed by atoms with Gasteiger partial charge in [-0.15, -0.1) is 0 Å². The number of para-hydroxylation sites is 1. The highest BCUT2D eigenvalue weighted by atomic mass is 15.0. The fourth-order valence-electron chi connectivity index (χ4n) is 2.10. The lowest BCUT2D eigenvalue weighted by Crippen LogP contribution is -2.17. The van der Waals surface area contributed by atoms with E-state index in [-0.39, 0.29) is 0 Å². The fraction of sp³-hybridized carbons (Fsp3) is 0.400. The van der Waals surface area contributed by atoms with E-state index in [1.165, 1.54) is 5.39 Å². The zero-order valence-corrected chi connectivity index (χ0v) is 10.9. The number of nitrogens with one attached hydrogen (secondary N) is 1. The molecule has 0 amide bonds. The normalized spacial score (nSPS) is 12.6. The van der Waals surface area contributed by atoms with Crippen LogP contribution in [0, 0.1) is 5.92 Å². The Bertz CT molecular complexity index is 496. The number of nitrogens with zero attached hydrogens (tertiary/aromatic N) is 1. The molecule has 0 bridgehead atoms. The van der Waals surface area contributed by atoms with Gasteiger partial charge in [0, 0.05) is 11.9 Å². The molecule has 0 saturated carbocycles. The van der Waals surface area contributed by atoms with Crippen LogP contribution in [0.5, 0.6) is 0 Å². The van der Waals surface area contributed by atoms with E-state index in [0.29, 0.717) is 5.92 Å². The van der Waals surface area contributed by atoms with E-state index >= 15 is 0 Å². The van der Waals surface area contributed by atoms with Gasteiger partial charge in [-0.25, -0.2) is 4.98 Å². The highest BCUT2D eigenvalue weighted by Gasteiger charge is 2.05. The van der Waals surface area contributed by atoms with Crippen LogP contribution in [0.2, 0.25) is 0 Å². The largest absolute Gasteiger partial charge is 0.370 e. The molecule has 3 N–H and O–H groups in total. The molecule has 18 heavy (non-hydrogen) atoms. The number of rotatable bonds is 6. The summed E-state index contributed by atoms with van der Waals surface area (Å²) in [5.41, 5.74) is 6.64. The number of hydrogen-bond acceptors (Lipinski definition) is 3. The summed E-state index contributed by atoms with van der Waals surface area (Å²) in [6.07, 6.45) is 2.22. The highest BCUT2D eigenvalue weighted by molar-refractivity contribution is 5.79. The second kappa shape index (κ2) is 6.36. The first-order chi connectivity index (χ1) is 8.83. The molecule has 0 spiro atoms. The Morgan fingerprint density at radius 3 is 2.83 bits per heavy atom. The average molecular weight is 243 g/mol. The molecule has 0 aliphatic rings. The smallest absolute Gasteiger partial charge is 0.126 e.